The third-order valence-corrected chi connectivity index (χ3v) is 2.11. The lowest BCUT2D eigenvalue weighted by Crippen LogP contribution is -2.36. The summed E-state index contributed by atoms with van der Waals surface area (Å²) in [6.07, 6.45) is 0. The molecule has 0 aromatic heterocycles. The van der Waals surface area contributed by atoms with E-state index in [0.717, 1.165) is 6.92 Å². The van der Waals surface area contributed by atoms with Crippen LogP contribution in [-0.2, 0) is 9.59 Å². The van der Waals surface area contributed by atoms with Gasteiger partial charge in [-0.15, -0.1) is 0 Å². The second-order valence-corrected chi connectivity index (χ2v) is 3.38. The number of rotatable bonds is 5. The van der Waals surface area contributed by atoms with E-state index in [0.29, 0.717) is 0 Å². The number of benzene rings is 1. The maximum absolute atomic E-state index is 11.1. The summed E-state index contributed by atoms with van der Waals surface area (Å²) in [5.41, 5.74) is 0.0163. The SMILES string of the molecule is CC(=O)C(Nc1ccccc1C(=O)O)C(=O)O. The first-order chi connectivity index (χ1) is 7.93. The van der Waals surface area contributed by atoms with Gasteiger partial charge < -0.3 is 15.5 Å². The molecule has 0 aliphatic carbocycles. The van der Waals surface area contributed by atoms with Crippen LogP contribution in [0.1, 0.15) is 17.3 Å². The van der Waals surface area contributed by atoms with Crippen LogP contribution in [0.5, 0.6) is 0 Å². The summed E-state index contributed by atoms with van der Waals surface area (Å²) in [6, 6.07) is 4.34. The molecule has 0 saturated carbocycles. The van der Waals surface area contributed by atoms with Gasteiger partial charge in [0.2, 0.25) is 0 Å². The van der Waals surface area contributed by atoms with Crippen LogP contribution in [0.25, 0.3) is 0 Å². The number of ketones is 1. The number of carbonyl (C=O) groups is 3. The molecule has 0 fully saturated rings. The van der Waals surface area contributed by atoms with Crippen LogP contribution in [0.3, 0.4) is 0 Å². The average molecular weight is 237 g/mol. The Hall–Kier alpha value is -2.37. The Balaban J connectivity index is 3.05. The number of carboxylic acids is 2. The molecule has 3 N–H and O–H groups in total. The molecule has 1 aromatic rings. The van der Waals surface area contributed by atoms with E-state index in [1.807, 2.05) is 0 Å². The van der Waals surface area contributed by atoms with E-state index in [1.54, 1.807) is 6.07 Å². The van der Waals surface area contributed by atoms with Crippen LogP contribution in [0.15, 0.2) is 24.3 Å². The largest absolute Gasteiger partial charge is 0.479 e. The molecule has 0 amide bonds. The normalized spacial score (nSPS) is 11.6. The molecule has 17 heavy (non-hydrogen) atoms. The molecule has 1 rings (SSSR count). The third-order valence-electron chi connectivity index (χ3n) is 2.11. The van der Waals surface area contributed by atoms with Gasteiger partial charge in [-0.05, 0) is 19.1 Å². The van der Waals surface area contributed by atoms with Crippen LogP contribution in [0.4, 0.5) is 5.69 Å². The smallest absolute Gasteiger partial charge is 0.337 e. The van der Waals surface area contributed by atoms with Crippen LogP contribution >= 0.6 is 0 Å². The van der Waals surface area contributed by atoms with E-state index in [1.165, 1.54) is 18.2 Å². The summed E-state index contributed by atoms with van der Waals surface area (Å²) < 4.78 is 0. The summed E-state index contributed by atoms with van der Waals surface area (Å²) in [6.45, 7) is 1.12. The minimum atomic E-state index is -1.45. The molecule has 0 aliphatic heterocycles. The first-order valence-electron chi connectivity index (χ1n) is 4.75. The van der Waals surface area contributed by atoms with Crippen LogP contribution in [0.2, 0.25) is 0 Å². The van der Waals surface area contributed by atoms with Gasteiger partial charge in [0.05, 0.1) is 5.56 Å². The first-order valence-corrected chi connectivity index (χ1v) is 4.75. The van der Waals surface area contributed by atoms with Gasteiger partial charge in [0, 0.05) is 5.69 Å². The van der Waals surface area contributed by atoms with Crippen molar-refractivity contribution in [3.8, 4) is 0 Å². The van der Waals surface area contributed by atoms with Crippen molar-refractivity contribution in [2.45, 2.75) is 13.0 Å². The number of aliphatic carboxylic acids is 1. The molecule has 0 radical (unpaired) electrons. The summed E-state index contributed by atoms with van der Waals surface area (Å²) in [4.78, 5) is 32.7. The highest BCUT2D eigenvalue weighted by molar-refractivity contribution is 6.05. The molecule has 1 atom stereocenters. The number of nitrogens with one attached hydrogen (secondary N) is 1. The van der Waals surface area contributed by atoms with E-state index in [9.17, 15) is 14.4 Å². The molecule has 0 saturated heterocycles. The van der Waals surface area contributed by atoms with Gasteiger partial charge in [-0.25, -0.2) is 9.59 Å². The van der Waals surface area contributed by atoms with Crippen molar-refractivity contribution in [2.75, 3.05) is 5.32 Å². The Morgan fingerprint density at radius 1 is 1.18 bits per heavy atom. The molecular formula is C11H11NO5. The first kappa shape index (κ1) is 12.7. The zero-order valence-corrected chi connectivity index (χ0v) is 9.01. The van der Waals surface area contributed by atoms with Gasteiger partial charge in [0.15, 0.2) is 11.8 Å². The summed E-state index contributed by atoms with van der Waals surface area (Å²) in [5.74, 6) is -3.14. The van der Waals surface area contributed by atoms with Gasteiger partial charge in [0.1, 0.15) is 0 Å². The number of para-hydroxylation sites is 1. The molecule has 0 spiro atoms. The molecule has 0 aliphatic rings. The zero-order chi connectivity index (χ0) is 13.0. The number of carboxylic acid groups (broad SMARTS) is 2. The fourth-order valence-corrected chi connectivity index (χ4v) is 1.29. The Bertz CT molecular complexity index is 455. The van der Waals surface area contributed by atoms with E-state index < -0.39 is 23.8 Å². The van der Waals surface area contributed by atoms with Crippen molar-refractivity contribution in [1.29, 1.82) is 0 Å². The van der Waals surface area contributed by atoms with Gasteiger partial charge in [-0.1, -0.05) is 12.1 Å². The van der Waals surface area contributed by atoms with Crippen molar-refractivity contribution in [1.82, 2.24) is 0 Å². The lowest BCUT2D eigenvalue weighted by atomic mass is 10.1. The van der Waals surface area contributed by atoms with Crippen molar-refractivity contribution >= 4 is 23.4 Å². The van der Waals surface area contributed by atoms with Gasteiger partial charge in [0.25, 0.3) is 0 Å². The van der Waals surface area contributed by atoms with Crippen LogP contribution in [-0.4, -0.2) is 34.0 Å². The van der Waals surface area contributed by atoms with Gasteiger partial charge in [-0.2, -0.15) is 0 Å². The summed E-state index contributed by atoms with van der Waals surface area (Å²) in [7, 11) is 0. The molecule has 0 bridgehead atoms. The lowest BCUT2D eigenvalue weighted by molar-refractivity contribution is -0.140. The van der Waals surface area contributed by atoms with Crippen molar-refractivity contribution in [3.05, 3.63) is 29.8 Å². The Kier molecular flexibility index (Phi) is 3.82. The number of aromatic carboxylic acids is 1. The fourth-order valence-electron chi connectivity index (χ4n) is 1.29. The van der Waals surface area contributed by atoms with Crippen molar-refractivity contribution < 1.29 is 24.6 Å². The highest BCUT2D eigenvalue weighted by Gasteiger charge is 2.23. The average Bonchev–Trinajstić information content (AvgIpc) is 2.25. The predicted molar refractivity (Wildman–Crippen MR) is 59.1 cm³/mol. The minimum Gasteiger partial charge on any atom is -0.479 e. The lowest BCUT2D eigenvalue weighted by Gasteiger charge is -2.14. The van der Waals surface area contributed by atoms with Gasteiger partial charge >= 0.3 is 11.9 Å². The maximum atomic E-state index is 11.1. The Morgan fingerprint density at radius 3 is 2.24 bits per heavy atom. The van der Waals surface area contributed by atoms with E-state index in [4.69, 9.17) is 10.2 Å². The quantitative estimate of drug-likeness (QED) is 0.655. The summed E-state index contributed by atoms with van der Waals surface area (Å²) in [5, 5.41) is 20.1. The molecule has 1 unspecified atom stereocenters. The Morgan fingerprint density at radius 2 is 1.76 bits per heavy atom. The highest BCUT2D eigenvalue weighted by atomic mass is 16.4. The van der Waals surface area contributed by atoms with E-state index in [2.05, 4.69) is 5.32 Å². The van der Waals surface area contributed by atoms with Gasteiger partial charge in [-0.3, -0.25) is 4.79 Å². The predicted octanol–water partition coefficient (Wildman–Crippen LogP) is 0.839. The number of anilines is 1. The maximum Gasteiger partial charge on any atom is 0.337 e. The molecule has 90 valence electrons. The van der Waals surface area contributed by atoms with Crippen molar-refractivity contribution in [2.24, 2.45) is 0 Å². The molecule has 0 heterocycles. The standard InChI is InChI=1S/C11H11NO5/c1-6(13)9(11(16)17)12-8-5-3-2-4-7(8)10(14)15/h2-5,9,12H,1H3,(H,14,15)(H,16,17). The number of carbonyl (C=O) groups excluding carboxylic acids is 1. The molecule has 6 nitrogen and oxygen atoms in total. The van der Waals surface area contributed by atoms with E-state index >= 15 is 0 Å². The summed E-state index contributed by atoms with van der Waals surface area (Å²) >= 11 is 0. The molecule has 1 aromatic carbocycles. The Labute approximate surface area is 96.9 Å². The van der Waals surface area contributed by atoms with Crippen LogP contribution in [0, 0.1) is 0 Å². The highest BCUT2D eigenvalue weighted by Crippen LogP contribution is 2.16. The second kappa shape index (κ2) is 5.11. The number of hydrogen-bond donors (Lipinski definition) is 3. The molecule has 6 heteroatoms. The minimum absolute atomic E-state index is 0.0833. The number of hydrogen-bond acceptors (Lipinski definition) is 4. The monoisotopic (exact) mass is 237 g/mol. The topological polar surface area (TPSA) is 104 Å². The van der Waals surface area contributed by atoms with E-state index in [-0.39, 0.29) is 11.3 Å². The fraction of sp³-hybridized carbons (Fsp3) is 0.182. The second-order valence-electron chi connectivity index (χ2n) is 3.38. The zero-order valence-electron chi connectivity index (χ0n) is 9.01. The molecular weight excluding hydrogens is 226 g/mol. The van der Waals surface area contributed by atoms with Crippen molar-refractivity contribution in [3.63, 3.8) is 0 Å². The number of Topliss-reactive ketones (excluding diaryl/α,β-unsaturated/α-hetero) is 1. The van der Waals surface area contributed by atoms with Crippen LogP contribution < -0.4 is 5.32 Å². The third kappa shape index (κ3) is 3.04.